The number of benzene rings is 2. The minimum atomic E-state index is -0.793. The largest absolute Gasteiger partial charge is 0.507 e. The van der Waals surface area contributed by atoms with Gasteiger partial charge in [0.2, 0.25) is 0 Å². The van der Waals surface area contributed by atoms with E-state index < -0.39 is 23.5 Å². The molecule has 31 heavy (non-hydrogen) atoms. The van der Waals surface area contributed by atoms with E-state index in [4.69, 9.17) is 4.74 Å². The van der Waals surface area contributed by atoms with Crippen molar-refractivity contribution in [2.45, 2.75) is 19.9 Å². The van der Waals surface area contributed by atoms with Gasteiger partial charge in [-0.05, 0) is 55.1 Å². The molecule has 1 fully saturated rings. The second-order valence-electron chi connectivity index (χ2n) is 7.30. The van der Waals surface area contributed by atoms with Gasteiger partial charge in [-0.3, -0.25) is 9.59 Å². The van der Waals surface area contributed by atoms with Crippen molar-refractivity contribution >= 4 is 17.4 Å². The lowest BCUT2D eigenvalue weighted by Gasteiger charge is -2.28. The van der Waals surface area contributed by atoms with Crippen LogP contribution in [0, 0.1) is 5.82 Å². The first-order valence-corrected chi connectivity index (χ1v) is 10.3. The lowest BCUT2D eigenvalue weighted by atomic mass is 9.95. The molecule has 1 saturated heterocycles. The fourth-order valence-electron chi connectivity index (χ4n) is 3.80. The number of carbonyl (C=O) groups excluding carboxylic acids is 2. The third-order valence-electron chi connectivity index (χ3n) is 5.64. The second-order valence-corrected chi connectivity index (χ2v) is 7.30. The van der Waals surface area contributed by atoms with Crippen LogP contribution in [0.25, 0.3) is 5.76 Å². The number of rotatable bonds is 8. The molecule has 0 saturated carbocycles. The van der Waals surface area contributed by atoms with Gasteiger partial charge in [0.05, 0.1) is 18.7 Å². The van der Waals surface area contributed by atoms with E-state index in [2.05, 4.69) is 4.90 Å². The summed E-state index contributed by atoms with van der Waals surface area (Å²) < 4.78 is 18.7. The molecule has 0 aromatic heterocycles. The zero-order chi connectivity index (χ0) is 22.5. The van der Waals surface area contributed by atoms with Gasteiger partial charge < -0.3 is 19.6 Å². The zero-order valence-corrected chi connectivity index (χ0v) is 18.0. The summed E-state index contributed by atoms with van der Waals surface area (Å²) in [6, 6.07) is 11.4. The first kappa shape index (κ1) is 22.5. The Kier molecular flexibility index (Phi) is 7.07. The smallest absolute Gasteiger partial charge is 0.295 e. The average Bonchev–Trinajstić information content (AvgIpc) is 3.05. The molecule has 1 atom stereocenters. The number of ether oxygens (including phenoxy) is 1. The number of likely N-dealkylation sites (tertiary alicyclic amines) is 1. The number of aliphatic hydroxyl groups excluding tert-OH is 1. The van der Waals surface area contributed by atoms with Crippen LogP contribution in [0.5, 0.6) is 5.75 Å². The molecule has 164 valence electrons. The second kappa shape index (κ2) is 9.75. The van der Waals surface area contributed by atoms with E-state index in [9.17, 15) is 19.1 Å². The standard InChI is InChI=1S/C24H27FN2O4/c1-4-26(5-2)14-15-27-21(16-6-10-18(25)11-7-16)20(23(29)24(27)30)22(28)17-8-12-19(31-3)13-9-17/h6-13,21,28H,4-5,14-15H2,1-3H3/t21-/m0/s1. The van der Waals surface area contributed by atoms with E-state index in [1.807, 2.05) is 13.8 Å². The molecular weight excluding hydrogens is 399 g/mol. The predicted octanol–water partition coefficient (Wildman–Crippen LogP) is 3.60. The number of aliphatic hydroxyl groups is 1. The highest BCUT2D eigenvalue weighted by Crippen LogP contribution is 2.39. The summed E-state index contributed by atoms with van der Waals surface area (Å²) in [6.07, 6.45) is 0. The lowest BCUT2D eigenvalue weighted by molar-refractivity contribution is -0.140. The average molecular weight is 426 g/mol. The van der Waals surface area contributed by atoms with Gasteiger partial charge in [-0.2, -0.15) is 0 Å². The molecule has 0 radical (unpaired) electrons. The number of carbonyl (C=O) groups is 2. The van der Waals surface area contributed by atoms with Crippen LogP contribution < -0.4 is 4.74 Å². The van der Waals surface area contributed by atoms with Gasteiger partial charge in [0.15, 0.2) is 0 Å². The number of likely N-dealkylation sites (N-methyl/N-ethyl adjacent to an activating group) is 1. The van der Waals surface area contributed by atoms with Gasteiger partial charge in [0.1, 0.15) is 17.3 Å². The van der Waals surface area contributed by atoms with Gasteiger partial charge in [-0.15, -0.1) is 0 Å². The Bertz CT molecular complexity index is 966. The summed E-state index contributed by atoms with van der Waals surface area (Å²) in [6.45, 7) is 6.58. The normalized spacial score (nSPS) is 18.1. The van der Waals surface area contributed by atoms with Crippen LogP contribution in [-0.2, 0) is 9.59 Å². The van der Waals surface area contributed by atoms with Crippen molar-refractivity contribution in [1.29, 1.82) is 0 Å². The van der Waals surface area contributed by atoms with E-state index in [0.29, 0.717) is 30.0 Å². The number of halogens is 1. The molecule has 1 heterocycles. The van der Waals surface area contributed by atoms with Crippen molar-refractivity contribution in [3.05, 3.63) is 71.0 Å². The number of nitrogens with zero attached hydrogens (tertiary/aromatic N) is 2. The molecule has 1 amide bonds. The van der Waals surface area contributed by atoms with Crippen molar-refractivity contribution in [2.75, 3.05) is 33.3 Å². The topological polar surface area (TPSA) is 70.1 Å². The van der Waals surface area contributed by atoms with Crippen molar-refractivity contribution in [1.82, 2.24) is 9.80 Å². The summed E-state index contributed by atoms with van der Waals surface area (Å²) in [7, 11) is 1.53. The van der Waals surface area contributed by atoms with Crippen LogP contribution in [0.2, 0.25) is 0 Å². The minimum Gasteiger partial charge on any atom is -0.507 e. The van der Waals surface area contributed by atoms with Crippen LogP contribution in [0.1, 0.15) is 31.0 Å². The third-order valence-corrected chi connectivity index (χ3v) is 5.64. The Hall–Kier alpha value is -3.19. The molecular formula is C24H27FN2O4. The zero-order valence-electron chi connectivity index (χ0n) is 18.0. The maximum atomic E-state index is 13.5. The number of hydrogen-bond acceptors (Lipinski definition) is 5. The van der Waals surface area contributed by atoms with Crippen molar-refractivity contribution in [3.63, 3.8) is 0 Å². The highest BCUT2D eigenvalue weighted by Gasteiger charge is 2.45. The maximum Gasteiger partial charge on any atom is 0.295 e. The van der Waals surface area contributed by atoms with Crippen molar-refractivity contribution in [2.24, 2.45) is 0 Å². The molecule has 0 aliphatic carbocycles. The fourth-order valence-corrected chi connectivity index (χ4v) is 3.80. The summed E-state index contributed by atoms with van der Waals surface area (Å²) in [5.74, 6) is -1.50. The van der Waals surface area contributed by atoms with E-state index in [1.54, 1.807) is 24.3 Å². The molecule has 2 aromatic rings. The monoisotopic (exact) mass is 426 g/mol. The summed E-state index contributed by atoms with van der Waals surface area (Å²) in [4.78, 5) is 29.5. The molecule has 0 bridgehead atoms. The molecule has 6 nitrogen and oxygen atoms in total. The van der Waals surface area contributed by atoms with Crippen LogP contribution in [0.4, 0.5) is 4.39 Å². The van der Waals surface area contributed by atoms with Crippen LogP contribution in [0.15, 0.2) is 54.1 Å². The molecule has 0 unspecified atom stereocenters. The first-order valence-electron chi connectivity index (χ1n) is 10.3. The summed E-state index contributed by atoms with van der Waals surface area (Å²) >= 11 is 0. The Morgan fingerprint density at radius 3 is 2.23 bits per heavy atom. The maximum absolute atomic E-state index is 13.5. The van der Waals surface area contributed by atoms with E-state index >= 15 is 0 Å². The summed E-state index contributed by atoms with van der Waals surface area (Å²) in [5.41, 5.74) is 0.964. The van der Waals surface area contributed by atoms with Gasteiger partial charge in [0, 0.05) is 18.7 Å². The van der Waals surface area contributed by atoms with Gasteiger partial charge in [0.25, 0.3) is 11.7 Å². The van der Waals surface area contributed by atoms with Crippen molar-refractivity contribution < 1.29 is 23.8 Å². The Labute approximate surface area is 181 Å². The molecule has 7 heteroatoms. The Morgan fingerprint density at radius 1 is 1.06 bits per heavy atom. The van der Waals surface area contributed by atoms with E-state index in [1.165, 1.54) is 36.3 Å². The molecule has 1 aliphatic heterocycles. The molecule has 0 spiro atoms. The third kappa shape index (κ3) is 4.61. The van der Waals surface area contributed by atoms with Crippen LogP contribution in [0.3, 0.4) is 0 Å². The molecule has 1 N–H and O–H groups in total. The first-order chi connectivity index (χ1) is 14.9. The number of ketones is 1. The van der Waals surface area contributed by atoms with Crippen LogP contribution in [-0.4, -0.2) is 59.9 Å². The summed E-state index contributed by atoms with van der Waals surface area (Å²) in [5, 5.41) is 11.0. The van der Waals surface area contributed by atoms with E-state index in [-0.39, 0.29) is 11.3 Å². The number of Topliss-reactive ketones (excluding diaryl/α,β-unsaturated/α-hetero) is 1. The quantitative estimate of drug-likeness (QED) is 0.397. The van der Waals surface area contributed by atoms with Gasteiger partial charge in [-0.25, -0.2) is 4.39 Å². The number of hydrogen-bond donors (Lipinski definition) is 1. The Morgan fingerprint density at radius 2 is 1.68 bits per heavy atom. The number of amides is 1. The van der Waals surface area contributed by atoms with Crippen molar-refractivity contribution in [3.8, 4) is 5.75 Å². The Balaban J connectivity index is 2.07. The van der Waals surface area contributed by atoms with Crippen LogP contribution >= 0.6 is 0 Å². The van der Waals surface area contributed by atoms with Gasteiger partial charge >= 0.3 is 0 Å². The van der Waals surface area contributed by atoms with Gasteiger partial charge in [-0.1, -0.05) is 26.0 Å². The molecule has 3 rings (SSSR count). The number of methoxy groups -OCH3 is 1. The minimum absolute atomic E-state index is 0.00122. The lowest BCUT2D eigenvalue weighted by Crippen LogP contribution is -2.38. The predicted molar refractivity (Wildman–Crippen MR) is 116 cm³/mol. The highest BCUT2D eigenvalue weighted by molar-refractivity contribution is 6.46. The van der Waals surface area contributed by atoms with E-state index in [0.717, 1.165) is 13.1 Å². The highest BCUT2D eigenvalue weighted by atomic mass is 19.1. The molecule has 1 aliphatic rings. The molecule has 2 aromatic carbocycles. The fraction of sp³-hybridized carbons (Fsp3) is 0.333. The SMILES string of the molecule is CCN(CC)CCN1C(=O)C(=O)C(=C(O)c2ccc(OC)cc2)[C@@H]1c1ccc(F)cc1.